The van der Waals surface area contributed by atoms with E-state index in [2.05, 4.69) is 10.3 Å². The van der Waals surface area contributed by atoms with Crippen LogP contribution in [-0.2, 0) is 11.2 Å². The Morgan fingerprint density at radius 3 is 2.88 bits per heavy atom. The minimum absolute atomic E-state index is 0.0223. The number of carbonyl (C=O) groups is 1. The van der Waals surface area contributed by atoms with Crippen LogP contribution >= 0.6 is 11.8 Å². The first-order valence-corrected chi connectivity index (χ1v) is 9.62. The number of benzene rings is 1. The number of thioether (sulfide) groups is 1. The third kappa shape index (κ3) is 3.49. The number of methoxy groups -OCH3 is 1. The maximum atomic E-state index is 12.8. The van der Waals surface area contributed by atoms with Crippen LogP contribution in [0, 0.1) is 13.8 Å². The number of anilines is 1. The highest BCUT2D eigenvalue weighted by molar-refractivity contribution is 7.99. The minimum atomic E-state index is -0.184. The summed E-state index contributed by atoms with van der Waals surface area (Å²) in [7, 11) is 1.57. The number of rotatable bonds is 5. The van der Waals surface area contributed by atoms with Crippen molar-refractivity contribution in [3.8, 4) is 5.75 Å². The Hall–Kier alpha value is -2.28. The molecule has 3 rings (SSSR count). The number of aryl methyl sites for hydroxylation is 2. The fourth-order valence-corrected chi connectivity index (χ4v) is 4.39. The molecular weight excluding hydrogens is 350 g/mol. The molecule has 1 atom stereocenters. The number of nitrogens with zero attached hydrogens (tertiary/aromatic N) is 2. The number of hydrogen-bond donors (Lipinski definition) is 1. The summed E-state index contributed by atoms with van der Waals surface area (Å²) in [6.45, 7) is 5.77. The zero-order chi connectivity index (χ0) is 18.8. The van der Waals surface area contributed by atoms with Crippen LogP contribution in [-0.4, -0.2) is 28.3 Å². The highest BCUT2D eigenvalue weighted by atomic mass is 32.2. The molecule has 0 bridgehead atoms. The van der Waals surface area contributed by atoms with Gasteiger partial charge in [0, 0.05) is 23.4 Å². The van der Waals surface area contributed by atoms with Crippen LogP contribution in [0.3, 0.4) is 0 Å². The van der Waals surface area contributed by atoms with Gasteiger partial charge >= 0.3 is 0 Å². The fourth-order valence-electron chi connectivity index (χ4n) is 3.21. The standard InChI is InChI=1S/C19H23N3O3S/c1-5-14-12(3)20-19-22(18(14)24)13(10-26-19)9-17(23)21-15-8-11(2)6-7-16(15)25-4/h6-8,13H,5,9-10H2,1-4H3,(H,21,23). The molecule has 1 unspecified atom stereocenters. The van der Waals surface area contributed by atoms with Crippen LogP contribution in [0.1, 0.15) is 36.2 Å². The molecule has 2 heterocycles. The first-order chi connectivity index (χ1) is 12.4. The van der Waals surface area contributed by atoms with E-state index in [1.807, 2.05) is 39.0 Å². The average Bonchev–Trinajstić information content (AvgIpc) is 2.98. The SMILES string of the molecule is CCc1c(C)nc2n(c1=O)C(CC(=O)Nc1cc(C)ccc1OC)CS2. The van der Waals surface area contributed by atoms with Gasteiger partial charge in [0.25, 0.3) is 5.56 Å². The van der Waals surface area contributed by atoms with E-state index < -0.39 is 0 Å². The minimum Gasteiger partial charge on any atom is -0.495 e. The molecular formula is C19H23N3O3S. The second-order valence-corrected chi connectivity index (χ2v) is 7.40. The first-order valence-electron chi connectivity index (χ1n) is 8.63. The van der Waals surface area contributed by atoms with Gasteiger partial charge in [-0.3, -0.25) is 14.2 Å². The van der Waals surface area contributed by atoms with Crippen molar-refractivity contribution in [3.05, 3.63) is 45.4 Å². The van der Waals surface area contributed by atoms with E-state index >= 15 is 0 Å². The second-order valence-electron chi connectivity index (χ2n) is 6.41. The van der Waals surface area contributed by atoms with Crippen LogP contribution in [0.5, 0.6) is 5.75 Å². The van der Waals surface area contributed by atoms with Gasteiger partial charge in [-0.15, -0.1) is 0 Å². The molecule has 7 heteroatoms. The lowest BCUT2D eigenvalue weighted by atomic mass is 10.1. The summed E-state index contributed by atoms with van der Waals surface area (Å²) in [5, 5.41) is 3.61. The smallest absolute Gasteiger partial charge is 0.257 e. The summed E-state index contributed by atoms with van der Waals surface area (Å²) in [5.41, 5.74) is 3.16. The topological polar surface area (TPSA) is 73.2 Å². The van der Waals surface area contributed by atoms with E-state index in [4.69, 9.17) is 4.74 Å². The van der Waals surface area contributed by atoms with Crippen molar-refractivity contribution in [2.75, 3.05) is 18.2 Å². The van der Waals surface area contributed by atoms with Crippen molar-refractivity contribution in [3.63, 3.8) is 0 Å². The quantitative estimate of drug-likeness (QED) is 0.815. The summed E-state index contributed by atoms with van der Waals surface area (Å²) in [4.78, 5) is 29.9. The number of fused-ring (bicyclic) bond motifs is 1. The molecule has 1 aliphatic heterocycles. The maximum absolute atomic E-state index is 12.8. The molecule has 0 radical (unpaired) electrons. The molecule has 1 N–H and O–H groups in total. The van der Waals surface area contributed by atoms with Gasteiger partial charge in [-0.2, -0.15) is 0 Å². The van der Waals surface area contributed by atoms with E-state index in [-0.39, 0.29) is 23.9 Å². The predicted octanol–water partition coefficient (Wildman–Crippen LogP) is 3.11. The normalized spacial score (nSPS) is 15.6. The van der Waals surface area contributed by atoms with E-state index in [1.54, 1.807) is 11.7 Å². The Bertz CT molecular complexity index is 908. The Morgan fingerprint density at radius 1 is 1.42 bits per heavy atom. The lowest BCUT2D eigenvalue weighted by Crippen LogP contribution is -2.30. The van der Waals surface area contributed by atoms with Crippen molar-refractivity contribution >= 4 is 23.4 Å². The van der Waals surface area contributed by atoms with E-state index in [1.165, 1.54) is 11.8 Å². The third-order valence-corrected chi connectivity index (χ3v) is 5.65. The number of aromatic nitrogens is 2. The molecule has 1 aliphatic rings. The highest BCUT2D eigenvalue weighted by Gasteiger charge is 2.29. The molecule has 1 amide bonds. The number of carbonyl (C=O) groups excluding carboxylic acids is 1. The second kappa shape index (κ2) is 7.53. The molecule has 2 aromatic rings. The molecule has 0 fully saturated rings. The third-order valence-electron chi connectivity index (χ3n) is 4.56. The summed E-state index contributed by atoms with van der Waals surface area (Å²) >= 11 is 1.53. The zero-order valence-corrected chi connectivity index (χ0v) is 16.3. The van der Waals surface area contributed by atoms with Gasteiger partial charge in [-0.1, -0.05) is 24.8 Å². The van der Waals surface area contributed by atoms with E-state index in [0.717, 1.165) is 16.8 Å². The van der Waals surface area contributed by atoms with Crippen molar-refractivity contribution in [2.45, 2.75) is 44.8 Å². The molecule has 0 aliphatic carbocycles. The molecule has 0 saturated heterocycles. The van der Waals surface area contributed by atoms with Gasteiger partial charge in [0.15, 0.2) is 5.16 Å². The van der Waals surface area contributed by atoms with Gasteiger partial charge in [-0.05, 0) is 38.0 Å². The van der Waals surface area contributed by atoms with Crippen molar-refractivity contribution in [1.82, 2.24) is 9.55 Å². The lowest BCUT2D eigenvalue weighted by molar-refractivity contribution is -0.116. The number of ether oxygens (including phenoxy) is 1. The van der Waals surface area contributed by atoms with Crippen LogP contribution in [0.2, 0.25) is 0 Å². The zero-order valence-electron chi connectivity index (χ0n) is 15.5. The highest BCUT2D eigenvalue weighted by Crippen LogP contribution is 2.33. The maximum Gasteiger partial charge on any atom is 0.257 e. The molecule has 1 aromatic carbocycles. The van der Waals surface area contributed by atoms with Gasteiger partial charge in [0.1, 0.15) is 5.75 Å². The van der Waals surface area contributed by atoms with Gasteiger partial charge in [-0.25, -0.2) is 4.98 Å². The monoisotopic (exact) mass is 373 g/mol. The average molecular weight is 373 g/mol. The van der Waals surface area contributed by atoms with Gasteiger partial charge < -0.3 is 10.1 Å². The first kappa shape index (κ1) is 18.5. The van der Waals surface area contributed by atoms with Crippen LogP contribution in [0.25, 0.3) is 0 Å². The Kier molecular flexibility index (Phi) is 5.36. The van der Waals surface area contributed by atoms with Crippen molar-refractivity contribution in [2.24, 2.45) is 0 Å². The molecule has 0 spiro atoms. The van der Waals surface area contributed by atoms with E-state index in [0.29, 0.717) is 28.8 Å². The summed E-state index contributed by atoms with van der Waals surface area (Å²) in [6.07, 6.45) is 0.868. The van der Waals surface area contributed by atoms with Crippen LogP contribution < -0.4 is 15.6 Å². The molecule has 0 saturated carbocycles. The number of hydrogen-bond acceptors (Lipinski definition) is 5. The van der Waals surface area contributed by atoms with Gasteiger partial charge in [0.2, 0.25) is 5.91 Å². The molecule has 26 heavy (non-hydrogen) atoms. The van der Waals surface area contributed by atoms with Gasteiger partial charge in [0.05, 0.1) is 18.8 Å². The summed E-state index contributed by atoms with van der Waals surface area (Å²) in [5.74, 6) is 1.15. The van der Waals surface area contributed by atoms with Crippen molar-refractivity contribution in [1.29, 1.82) is 0 Å². The lowest BCUT2D eigenvalue weighted by Gasteiger charge is -2.16. The molecule has 1 aromatic heterocycles. The Balaban J connectivity index is 1.81. The number of amides is 1. The van der Waals surface area contributed by atoms with Crippen molar-refractivity contribution < 1.29 is 9.53 Å². The predicted molar refractivity (Wildman–Crippen MR) is 103 cm³/mol. The Labute approximate surface area is 157 Å². The fraction of sp³-hybridized carbons (Fsp3) is 0.421. The van der Waals surface area contributed by atoms with E-state index in [9.17, 15) is 9.59 Å². The number of nitrogens with one attached hydrogen (secondary N) is 1. The molecule has 138 valence electrons. The largest absolute Gasteiger partial charge is 0.495 e. The van der Waals surface area contributed by atoms with Crippen LogP contribution in [0.4, 0.5) is 5.69 Å². The Morgan fingerprint density at radius 2 is 2.19 bits per heavy atom. The van der Waals surface area contributed by atoms with Crippen LogP contribution in [0.15, 0.2) is 28.2 Å². The summed E-state index contributed by atoms with van der Waals surface area (Å²) < 4.78 is 6.99. The summed E-state index contributed by atoms with van der Waals surface area (Å²) in [6, 6.07) is 5.45. The molecule has 6 nitrogen and oxygen atoms in total.